The number of Topliss-reactive ketones (excluding diaryl/α,β-unsaturated/α-hetero) is 1. The van der Waals surface area contributed by atoms with Gasteiger partial charge in [-0.1, -0.05) is 13.8 Å². The van der Waals surface area contributed by atoms with Crippen LogP contribution in [0.25, 0.3) is 0 Å². The molecule has 0 aliphatic rings. The third kappa shape index (κ3) is 3.26. The van der Waals surface area contributed by atoms with Gasteiger partial charge in [-0.25, -0.2) is 0 Å². The van der Waals surface area contributed by atoms with Gasteiger partial charge in [0.05, 0.1) is 12.0 Å². The Morgan fingerprint density at radius 3 is 2.39 bits per heavy atom. The minimum atomic E-state index is -0.498. The van der Waals surface area contributed by atoms with Crippen molar-refractivity contribution in [2.75, 3.05) is 6.61 Å². The molecule has 0 fully saturated rings. The molecule has 0 radical (unpaired) electrons. The van der Waals surface area contributed by atoms with Crippen LogP contribution < -0.4 is 4.74 Å². The lowest BCUT2D eigenvalue weighted by molar-refractivity contribution is 0.0991. The summed E-state index contributed by atoms with van der Waals surface area (Å²) in [7, 11) is 0. The average molecular weight is 269 g/mol. The van der Waals surface area contributed by atoms with Crippen LogP contribution in [0.1, 0.15) is 55.1 Å². The number of hydrogen-bond acceptors (Lipinski definition) is 2. The van der Waals surface area contributed by atoms with Crippen molar-refractivity contribution >= 4 is 17.4 Å². The molecule has 0 aromatic heterocycles. The summed E-state index contributed by atoms with van der Waals surface area (Å²) >= 11 is 5.89. The lowest BCUT2D eigenvalue weighted by Gasteiger charge is -2.17. The third-order valence-corrected chi connectivity index (χ3v) is 3.10. The van der Waals surface area contributed by atoms with Gasteiger partial charge in [-0.3, -0.25) is 4.79 Å². The molecule has 1 rings (SSSR count). The van der Waals surface area contributed by atoms with E-state index in [1.165, 1.54) is 0 Å². The van der Waals surface area contributed by atoms with E-state index in [2.05, 4.69) is 13.8 Å². The second-order valence-corrected chi connectivity index (χ2v) is 5.43. The zero-order chi connectivity index (χ0) is 13.9. The number of halogens is 1. The minimum absolute atomic E-state index is 0.0286. The quantitative estimate of drug-likeness (QED) is 0.587. The van der Waals surface area contributed by atoms with E-state index < -0.39 is 5.38 Å². The molecule has 0 N–H and O–H groups in total. The Kier molecular flexibility index (Phi) is 5.21. The molecule has 0 aliphatic heterocycles. The van der Waals surface area contributed by atoms with Gasteiger partial charge in [0.15, 0.2) is 5.78 Å². The van der Waals surface area contributed by atoms with Gasteiger partial charge in [-0.05, 0) is 49.9 Å². The molecule has 0 heterocycles. The van der Waals surface area contributed by atoms with Gasteiger partial charge in [0.2, 0.25) is 0 Å². The number of carbonyl (C=O) groups is 1. The van der Waals surface area contributed by atoms with E-state index >= 15 is 0 Å². The molecule has 2 nitrogen and oxygen atoms in total. The topological polar surface area (TPSA) is 26.3 Å². The normalized spacial score (nSPS) is 12.6. The van der Waals surface area contributed by atoms with Crippen LogP contribution >= 0.6 is 11.6 Å². The Morgan fingerprint density at radius 1 is 1.33 bits per heavy atom. The van der Waals surface area contributed by atoms with E-state index in [1.54, 1.807) is 6.92 Å². The number of benzene rings is 1. The molecule has 1 aromatic rings. The number of ketones is 1. The van der Waals surface area contributed by atoms with Crippen LogP contribution in [0, 0.1) is 6.92 Å². The van der Waals surface area contributed by atoms with E-state index in [4.69, 9.17) is 16.3 Å². The van der Waals surface area contributed by atoms with Crippen LogP contribution in [0.4, 0.5) is 0 Å². The summed E-state index contributed by atoms with van der Waals surface area (Å²) in [6.45, 7) is 10.4. The summed E-state index contributed by atoms with van der Waals surface area (Å²) in [5.41, 5.74) is 2.67. The highest BCUT2D eigenvalue weighted by Crippen LogP contribution is 2.30. The monoisotopic (exact) mass is 268 g/mol. The van der Waals surface area contributed by atoms with Crippen molar-refractivity contribution in [3.8, 4) is 5.75 Å². The second kappa shape index (κ2) is 6.24. The van der Waals surface area contributed by atoms with Gasteiger partial charge in [0, 0.05) is 5.56 Å². The Morgan fingerprint density at radius 2 is 1.94 bits per heavy atom. The molecular weight excluding hydrogens is 248 g/mol. The van der Waals surface area contributed by atoms with Crippen molar-refractivity contribution in [2.24, 2.45) is 0 Å². The van der Waals surface area contributed by atoms with E-state index in [0.717, 1.165) is 16.9 Å². The molecule has 1 aromatic carbocycles. The number of alkyl halides is 1. The predicted molar refractivity (Wildman–Crippen MR) is 76.1 cm³/mol. The molecule has 100 valence electrons. The molecule has 0 saturated carbocycles. The maximum atomic E-state index is 12.0. The molecule has 1 unspecified atom stereocenters. The molecule has 18 heavy (non-hydrogen) atoms. The summed E-state index contributed by atoms with van der Waals surface area (Å²) in [4.78, 5) is 12.0. The number of aryl methyl sites for hydroxylation is 1. The summed E-state index contributed by atoms with van der Waals surface area (Å²) in [6.07, 6.45) is 0. The van der Waals surface area contributed by atoms with Crippen LogP contribution in [0.5, 0.6) is 5.75 Å². The SMILES string of the molecule is CCOc1cc(C)c(C(=O)C(C)Cl)cc1C(C)C. The number of carbonyl (C=O) groups excluding carboxylic acids is 1. The average Bonchev–Trinajstić information content (AvgIpc) is 2.28. The van der Waals surface area contributed by atoms with Gasteiger partial charge in [0.25, 0.3) is 0 Å². The first-order chi connectivity index (χ1) is 8.38. The molecule has 0 amide bonds. The van der Waals surface area contributed by atoms with Crippen LogP contribution in [0.15, 0.2) is 12.1 Å². The van der Waals surface area contributed by atoms with Crippen LogP contribution in [0.3, 0.4) is 0 Å². The van der Waals surface area contributed by atoms with E-state index in [0.29, 0.717) is 18.1 Å². The van der Waals surface area contributed by atoms with E-state index in [-0.39, 0.29) is 5.78 Å². The molecule has 1 atom stereocenters. The number of hydrogen-bond donors (Lipinski definition) is 0. The van der Waals surface area contributed by atoms with Gasteiger partial charge in [-0.15, -0.1) is 11.6 Å². The van der Waals surface area contributed by atoms with Gasteiger partial charge >= 0.3 is 0 Å². The van der Waals surface area contributed by atoms with Crippen molar-refractivity contribution in [1.82, 2.24) is 0 Å². The molecule has 0 saturated heterocycles. The fourth-order valence-electron chi connectivity index (χ4n) is 1.91. The highest BCUT2D eigenvalue weighted by molar-refractivity contribution is 6.33. The molecule has 0 aliphatic carbocycles. The van der Waals surface area contributed by atoms with E-state index in [9.17, 15) is 4.79 Å². The number of rotatable bonds is 5. The first-order valence-electron chi connectivity index (χ1n) is 6.34. The molecule has 0 spiro atoms. The van der Waals surface area contributed by atoms with Crippen molar-refractivity contribution in [3.63, 3.8) is 0 Å². The maximum Gasteiger partial charge on any atom is 0.180 e. The fraction of sp³-hybridized carbons (Fsp3) is 0.533. The molecular formula is C15H21ClO2. The summed E-state index contributed by atoms with van der Waals surface area (Å²) in [5.74, 6) is 1.15. The third-order valence-electron chi connectivity index (χ3n) is 2.91. The van der Waals surface area contributed by atoms with Crippen molar-refractivity contribution in [3.05, 3.63) is 28.8 Å². The van der Waals surface area contributed by atoms with E-state index in [1.807, 2.05) is 26.0 Å². The van der Waals surface area contributed by atoms with Gasteiger partial charge < -0.3 is 4.74 Å². The Labute approximate surface area is 114 Å². The maximum absolute atomic E-state index is 12.0. The van der Waals surface area contributed by atoms with Gasteiger partial charge in [-0.2, -0.15) is 0 Å². The lowest BCUT2D eigenvalue weighted by atomic mass is 9.94. The second-order valence-electron chi connectivity index (χ2n) is 4.77. The lowest BCUT2D eigenvalue weighted by Crippen LogP contribution is -2.13. The summed E-state index contributed by atoms with van der Waals surface area (Å²) in [5, 5.41) is -0.498. The largest absolute Gasteiger partial charge is 0.494 e. The Hall–Kier alpha value is -1.02. The number of ether oxygens (including phenoxy) is 1. The van der Waals surface area contributed by atoms with Crippen molar-refractivity contribution in [2.45, 2.75) is 45.9 Å². The highest BCUT2D eigenvalue weighted by Gasteiger charge is 2.18. The van der Waals surface area contributed by atoms with Crippen molar-refractivity contribution < 1.29 is 9.53 Å². The Bertz CT molecular complexity index is 436. The predicted octanol–water partition coefficient (Wildman–Crippen LogP) is 4.33. The summed E-state index contributed by atoms with van der Waals surface area (Å²) in [6, 6.07) is 3.86. The van der Waals surface area contributed by atoms with Crippen molar-refractivity contribution in [1.29, 1.82) is 0 Å². The van der Waals surface area contributed by atoms with Gasteiger partial charge in [0.1, 0.15) is 5.75 Å². The fourth-order valence-corrected chi connectivity index (χ4v) is 2.03. The standard InChI is InChI=1S/C15H21ClO2/c1-6-18-14-7-10(4)13(15(17)11(5)16)8-12(14)9(2)3/h7-9,11H,6H2,1-5H3. The zero-order valence-corrected chi connectivity index (χ0v) is 12.5. The Balaban J connectivity index is 3.31. The smallest absolute Gasteiger partial charge is 0.180 e. The molecule has 0 bridgehead atoms. The van der Waals surface area contributed by atoms with Crippen LogP contribution in [0.2, 0.25) is 0 Å². The first kappa shape index (κ1) is 15.0. The zero-order valence-electron chi connectivity index (χ0n) is 11.7. The van der Waals surface area contributed by atoms with Crippen LogP contribution in [-0.2, 0) is 0 Å². The summed E-state index contributed by atoms with van der Waals surface area (Å²) < 4.78 is 5.63. The first-order valence-corrected chi connectivity index (χ1v) is 6.77. The molecule has 3 heteroatoms. The highest BCUT2D eigenvalue weighted by atomic mass is 35.5. The van der Waals surface area contributed by atoms with Crippen LogP contribution in [-0.4, -0.2) is 17.8 Å². The minimum Gasteiger partial charge on any atom is -0.494 e.